The number of rotatable bonds is 6. The topological polar surface area (TPSA) is 74.8 Å². The van der Waals surface area contributed by atoms with E-state index in [0.29, 0.717) is 31.9 Å². The highest BCUT2D eigenvalue weighted by Gasteiger charge is 2.35. The molecule has 2 aromatic carbocycles. The summed E-state index contributed by atoms with van der Waals surface area (Å²) in [6, 6.07) is 15.3. The van der Waals surface area contributed by atoms with Crippen molar-refractivity contribution in [1.82, 2.24) is 9.13 Å². The Morgan fingerprint density at radius 2 is 1.75 bits per heavy atom. The molecule has 0 fully saturated rings. The molecule has 0 N–H and O–H groups in total. The van der Waals surface area contributed by atoms with E-state index >= 15 is 0 Å². The maximum absolute atomic E-state index is 14.1. The fourth-order valence-corrected chi connectivity index (χ4v) is 6.57. The third-order valence-electron chi connectivity index (χ3n) is 7.17. The standard InChI is InChI=1S/C32H33N3O4S/c1-8-39-31(37)28-21(5)33-32-35(29(28)25-11-9-10-12-26(25)38-7)30(36)27(40-32)17-23-16-20(4)34(22(23)6)24-14-18(2)13-19(3)15-24/h9-17,29H,8H2,1-7H3/b27-17+/t29-/m0/s1. The summed E-state index contributed by atoms with van der Waals surface area (Å²) in [4.78, 5) is 32.5. The molecule has 2 aromatic heterocycles. The quantitative estimate of drug-likeness (QED) is 0.320. The second kappa shape index (κ2) is 10.8. The molecular formula is C32H33N3O4S. The van der Waals surface area contributed by atoms with Crippen LogP contribution in [0.3, 0.4) is 0 Å². The Hall–Kier alpha value is -4.17. The molecule has 0 bridgehead atoms. The van der Waals surface area contributed by atoms with Gasteiger partial charge in [-0.3, -0.25) is 9.36 Å². The number of benzene rings is 2. The van der Waals surface area contributed by atoms with E-state index in [9.17, 15) is 9.59 Å². The van der Waals surface area contributed by atoms with Crippen LogP contribution in [0.1, 0.15) is 53.5 Å². The first-order valence-electron chi connectivity index (χ1n) is 13.2. The van der Waals surface area contributed by atoms with E-state index in [1.807, 2.05) is 30.3 Å². The van der Waals surface area contributed by atoms with Crippen molar-refractivity contribution in [2.24, 2.45) is 4.99 Å². The summed E-state index contributed by atoms with van der Waals surface area (Å²) in [5.41, 5.74) is 7.90. The molecule has 5 rings (SSSR count). The molecule has 0 saturated heterocycles. The Labute approximate surface area is 237 Å². The van der Waals surface area contributed by atoms with Crippen LogP contribution in [-0.2, 0) is 9.53 Å². The Morgan fingerprint density at radius 3 is 2.42 bits per heavy atom. The maximum atomic E-state index is 14.1. The van der Waals surface area contributed by atoms with E-state index < -0.39 is 12.0 Å². The number of carbonyl (C=O) groups is 1. The number of thiazole rings is 1. The number of aryl methyl sites for hydroxylation is 3. The molecular weight excluding hydrogens is 522 g/mol. The summed E-state index contributed by atoms with van der Waals surface area (Å²) in [5.74, 6) is 0.0847. The largest absolute Gasteiger partial charge is 0.496 e. The van der Waals surface area contributed by atoms with Crippen molar-refractivity contribution in [2.75, 3.05) is 13.7 Å². The number of allylic oxidation sites excluding steroid dienone is 1. The summed E-state index contributed by atoms with van der Waals surface area (Å²) in [6.45, 7) is 12.1. The van der Waals surface area contributed by atoms with Gasteiger partial charge in [0, 0.05) is 22.6 Å². The zero-order valence-electron chi connectivity index (χ0n) is 23.9. The van der Waals surface area contributed by atoms with E-state index in [2.05, 4.69) is 56.5 Å². The number of aromatic nitrogens is 2. The molecule has 0 saturated carbocycles. The van der Waals surface area contributed by atoms with Crippen molar-refractivity contribution in [3.63, 3.8) is 0 Å². The number of ether oxygens (including phenoxy) is 2. The van der Waals surface area contributed by atoms with Crippen molar-refractivity contribution in [1.29, 1.82) is 0 Å². The Morgan fingerprint density at radius 1 is 1.05 bits per heavy atom. The van der Waals surface area contributed by atoms with Gasteiger partial charge in [0.05, 0.1) is 29.5 Å². The van der Waals surface area contributed by atoms with Gasteiger partial charge in [0.2, 0.25) is 0 Å². The summed E-state index contributed by atoms with van der Waals surface area (Å²) in [6.07, 6.45) is 1.92. The van der Waals surface area contributed by atoms with Gasteiger partial charge in [-0.05, 0) is 88.6 Å². The van der Waals surface area contributed by atoms with Crippen LogP contribution in [0.15, 0.2) is 69.6 Å². The average Bonchev–Trinajstić information content (AvgIpc) is 3.36. The molecule has 0 radical (unpaired) electrons. The minimum absolute atomic E-state index is 0.217. The number of carbonyl (C=O) groups excluding carboxylic acids is 1. The predicted octanol–water partition coefficient (Wildman–Crippen LogP) is 4.83. The van der Waals surface area contributed by atoms with Crippen molar-refractivity contribution < 1.29 is 14.3 Å². The first-order valence-corrected chi connectivity index (χ1v) is 14.1. The van der Waals surface area contributed by atoms with Crippen LogP contribution >= 0.6 is 11.3 Å². The van der Waals surface area contributed by atoms with Crippen molar-refractivity contribution in [3.8, 4) is 11.4 Å². The number of methoxy groups -OCH3 is 1. The first-order chi connectivity index (χ1) is 19.1. The van der Waals surface area contributed by atoms with E-state index in [1.54, 1.807) is 25.5 Å². The lowest BCUT2D eigenvalue weighted by molar-refractivity contribution is -0.139. The molecule has 0 amide bonds. The fraction of sp³-hybridized carbons (Fsp3) is 0.281. The SMILES string of the molecule is CCOC(=O)C1=C(C)N=c2s/c(=C/c3cc(C)n(-c4cc(C)cc(C)c4)c3C)c(=O)n2[C@H]1c1ccccc1OC. The highest BCUT2D eigenvalue weighted by molar-refractivity contribution is 7.07. The normalized spacial score (nSPS) is 15.2. The second-order valence-corrected chi connectivity index (χ2v) is 11.1. The molecule has 4 aromatic rings. The van der Waals surface area contributed by atoms with Crippen LogP contribution in [-0.4, -0.2) is 28.8 Å². The van der Waals surface area contributed by atoms with Crippen molar-refractivity contribution in [3.05, 3.63) is 113 Å². The molecule has 1 atom stereocenters. The Kier molecular flexibility index (Phi) is 7.38. The zero-order valence-corrected chi connectivity index (χ0v) is 24.7. The van der Waals surface area contributed by atoms with Gasteiger partial charge in [0.1, 0.15) is 11.8 Å². The molecule has 7 nitrogen and oxygen atoms in total. The summed E-state index contributed by atoms with van der Waals surface area (Å²) < 4.78 is 15.4. The lowest BCUT2D eigenvalue weighted by Gasteiger charge is -2.25. The van der Waals surface area contributed by atoms with E-state index in [-0.39, 0.29) is 12.2 Å². The maximum Gasteiger partial charge on any atom is 0.338 e. The van der Waals surface area contributed by atoms with Gasteiger partial charge >= 0.3 is 5.97 Å². The van der Waals surface area contributed by atoms with Gasteiger partial charge in [-0.15, -0.1) is 0 Å². The van der Waals surface area contributed by atoms with Gasteiger partial charge in [-0.25, -0.2) is 9.79 Å². The Bertz CT molecular complexity index is 1840. The van der Waals surface area contributed by atoms with Crippen LogP contribution in [0.5, 0.6) is 5.75 Å². The van der Waals surface area contributed by atoms with E-state index in [1.165, 1.54) is 22.5 Å². The third kappa shape index (κ3) is 4.73. The molecule has 0 aliphatic carbocycles. The van der Waals surface area contributed by atoms with Gasteiger partial charge in [0.25, 0.3) is 5.56 Å². The first kappa shape index (κ1) is 27.4. The average molecular weight is 556 g/mol. The monoisotopic (exact) mass is 555 g/mol. The number of nitrogens with zero attached hydrogens (tertiary/aromatic N) is 3. The molecule has 1 aliphatic rings. The number of hydrogen-bond acceptors (Lipinski definition) is 6. The van der Waals surface area contributed by atoms with Crippen LogP contribution in [0.4, 0.5) is 0 Å². The minimum atomic E-state index is -0.726. The molecule has 40 heavy (non-hydrogen) atoms. The van der Waals surface area contributed by atoms with Crippen molar-refractivity contribution >= 4 is 23.4 Å². The van der Waals surface area contributed by atoms with Crippen LogP contribution < -0.4 is 19.6 Å². The summed E-state index contributed by atoms with van der Waals surface area (Å²) >= 11 is 1.32. The Balaban J connectivity index is 1.72. The number of esters is 1. The zero-order chi connectivity index (χ0) is 28.7. The van der Waals surface area contributed by atoms with Crippen molar-refractivity contribution in [2.45, 2.75) is 47.6 Å². The molecule has 8 heteroatoms. The summed E-state index contributed by atoms with van der Waals surface area (Å²) in [5, 5.41) is 0. The van der Waals surface area contributed by atoms with E-state index in [0.717, 1.165) is 22.6 Å². The fourth-order valence-electron chi connectivity index (χ4n) is 5.53. The molecule has 0 unspecified atom stereocenters. The van der Waals surface area contributed by atoms with E-state index in [4.69, 9.17) is 14.5 Å². The molecule has 1 aliphatic heterocycles. The number of hydrogen-bond donors (Lipinski definition) is 0. The smallest absolute Gasteiger partial charge is 0.338 e. The lowest BCUT2D eigenvalue weighted by atomic mass is 9.95. The van der Waals surface area contributed by atoms with Crippen LogP contribution in [0, 0.1) is 27.7 Å². The highest BCUT2D eigenvalue weighted by Crippen LogP contribution is 2.35. The van der Waals surface area contributed by atoms with Crippen LogP contribution in [0.2, 0.25) is 0 Å². The molecule has 0 spiro atoms. The number of para-hydroxylation sites is 1. The van der Waals surface area contributed by atoms with Gasteiger partial charge in [-0.2, -0.15) is 0 Å². The summed E-state index contributed by atoms with van der Waals surface area (Å²) in [7, 11) is 1.58. The predicted molar refractivity (Wildman–Crippen MR) is 158 cm³/mol. The molecule has 3 heterocycles. The molecule has 206 valence electrons. The highest BCUT2D eigenvalue weighted by atomic mass is 32.1. The minimum Gasteiger partial charge on any atom is -0.496 e. The lowest BCUT2D eigenvalue weighted by Crippen LogP contribution is -2.40. The van der Waals surface area contributed by atoms with Gasteiger partial charge in [-0.1, -0.05) is 35.6 Å². The van der Waals surface area contributed by atoms with Gasteiger partial charge < -0.3 is 14.0 Å². The van der Waals surface area contributed by atoms with Gasteiger partial charge in [0.15, 0.2) is 4.80 Å². The third-order valence-corrected chi connectivity index (χ3v) is 8.16. The van der Waals surface area contributed by atoms with Crippen LogP contribution in [0.25, 0.3) is 11.8 Å². The second-order valence-electron chi connectivity index (χ2n) is 10.1. The number of fused-ring (bicyclic) bond motifs is 1.